The summed E-state index contributed by atoms with van der Waals surface area (Å²) in [6.45, 7) is 7.64. The quantitative estimate of drug-likeness (QED) is 0.757. The summed E-state index contributed by atoms with van der Waals surface area (Å²) in [4.78, 5) is 26.6. The molecule has 0 aromatic heterocycles. The molecule has 1 aliphatic rings. The zero-order chi connectivity index (χ0) is 19.9. The van der Waals surface area contributed by atoms with Crippen LogP contribution in [-0.2, 0) is 11.3 Å². The Hall–Kier alpha value is -2.66. The lowest BCUT2D eigenvalue weighted by atomic mass is 9.99. The fourth-order valence-electron chi connectivity index (χ4n) is 3.35. The Morgan fingerprint density at radius 3 is 2.21 bits per heavy atom. The summed E-state index contributed by atoms with van der Waals surface area (Å²) in [5.41, 5.74) is 2.95. The van der Waals surface area contributed by atoms with Crippen molar-refractivity contribution in [1.29, 1.82) is 0 Å². The van der Waals surface area contributed by atoms with Crippen molar-refractivity contribution in [3.05, 3.63) is 65.2 Å². The number of hydrogen-bond donors (Lipinski definition) is 1. The molecular weight excluding hydrogens is 352 g/mol. The van der Waals surface area contributed by atoms with E-state index in [9.17, 15) is 9.59 Å². The van der Waals surface area contributed by atoms with Gasteiger partial charge in [0.2, 0.25) is 0 Å². The van der Waals surface area contributed by atoms with E-state index >= 15 is 0 Å². The summed E-state index contributed by atoms with van der Waals surface area (Å²) < 4.78 is 4.96. The zero-order valence-electron chi connectivity index (χ0n) is 16.6. The van der Waals surface area contributed by atoms with Crippen LogP contribution >= 0.6 is 0 Å². The molecule has 0 bridgehead atoms. The minimum absolute atomic E-state index is 0.165. The number of carbonyl (C=O) groups excluding carboxylic acids is 2. The van der Waals surface area contributed by atoms with E-state index in [1.807, 2.05) is 24.3 Å². The van der Waals surface area contributed by atoms with Gasteiger partial charge >= 0.3 is 5.97 Å². The van der Waals surface area contributed by atoms with Crippen molar-refractivity contribution in [3.63, 3.8) is 0 Å². The Kier molecular flexibility index (Phi) is 6.82. The number of hydrogen-bond acceptors (Lipinski definition) is 4. The van der Waals surface area contributed by atoms with E-state index in [-0.39, 0.29) is 11.9 Å². The maximum atomic E-state index is 12.5. The Balaban J connectivity index is 1.55. The van der Waals surface area contributed by atoms with Crippen LogP contribution in [0.3, 0.4) is 0 Å². The SMILES string of the molecule is CCOC(=O)c1ccc(NC(=O)c2ccc(CN3CCC(C)CC3)cc2)cc1. The number of rotatable bonds is 6. The summed E-state index contributed by atoms with van der Waals surface area (Å²) >= 11 is 0. The van der Waals surface area contributed by atoms with Crippen LogP contribution in [0.1, 0.15) is 53.0 Å². The second kappa shape index (κ2) is 9.51. The number of amides is 1. The lowest BCUT2D eigenvalue weighted by molar-refractivity contribution is 0.0526. The van der Waals surface area contributed by atoms with Gasteiger partial charge in [-0.15, -0.1) is 0 Å². The molecule has 1 fully saturated rings. The summed E-state index contributed by atoms with van der Waals surface area (Å²) in [5.74, 6) is 0.301. The highest BCUT2D eigenvalue weighted by Crippen LogP contribution is 2.19. The van der Waals surface area contributed by atoms with Gasteiger partial charge in [-0.25, -0.2) is 4.79 Å². The van der Waals surface area contributed by atoms with Gasteiger partial charge in [-0.2, -0.15) is 0 Å². The van der Waals surface area contributed by atoms with E-state index in [0.717, 1.165) is 25.6 Å². The topological polar surface area (TPSA) is 58.6 Å². The van der Waals surface area contributed by atoms with Crippen molar-refractivity contribution in [2.75, 3.05) is 25.0 Å². The highest BCUT2D eigenvalue weighted by atomic mass is 16.5. The Morgan fingerprint density at radius 2 is 1.61 bits per heavy atom. The number of nitrogens with zero attached hydrogens (tertiary/aromatic N) is 1. The molecular formula is C23H28N2O3. The third kappa shape index (κ3) is 5.42. The predicted octanol–water partition coefficient (Wildman–Crippen LogP) is 4.35. The van der Waals surface area contributed by atoms with Gasteiger partial charge in [0.15, 0.2) is 0 Å². The third-order valence-electron chi connectivity index (χ3n) is 5.15. The second-order valence-electron chi connectivity index (χ2n) is 7.41. The molecule has 0 unspecified atom stereocenters. The smallest absolute Gasteiger partial charge is 0.338 e. The molecule has 0 aliphatic carbocycles. The Morgan fingerprint density at radius 1 is 1.00 bits per heavy atom. The largest absolute Gasteiger partial charge is 0.462 e. The fraction of sp³-hybridized carbons (Fsp3) is 0.391. The second-order valence-corrected chi connectivity index (χ2v) is 7.41. The molecule has 5 nitrogen and oxygen atoms in total. The molecule has 3 rings (SSSR count). The van der Waals surface area contributed by atoms with Gasteiger partial charge in [0.1, 0.15) is 0 Å². The van der Waals surface area contributed by atoms with Crippen molar-refractivity contribution in [2.24, 2.45) is 5.92 Å². The summed E-state index contributed by atoms with van der Waals surface area (Å²) in [6.07, 6.45) is 2.52. The van der Waals surface area contributed by atoms with Crippen LogP contribution in [0.2, 0.25) is 0 Å². The van der Waals surface area contributed by atoms with Gasteiger partial charge < -0.3 is 10.1 Å². The molecule has 148 valence electrons. The van der Waals surface area contributed by atoms with Crippen LogP contribution in [0.25, 0.3) is 0 Å². The van der Waals surface area contributed by atoms with Gasteiger partial charge in [-0.3, -0.25) is 9.69 Å². The number of likely N-dealkylation sites (tertiary alicyclic amines) is 1. The van der Waals surface area contributed by atoms with Crippen molar-refractivity contribution < 1.29 is 14.3 Å². The average molecular weight is 380 g/mol. The summed E-state index contributed by atoms with van der Waals surface area (Å²) in [7, 11) is 0. The zero-order valence-corrected chi connectivity index (χ0v) is 16.6. The minimum Gasteiger partial charge on any atom is -0.462 e. The first-order valence-electron chi connectivity index (χ1n) is 9.95. The number of nitrogens with one attached hydrogen (secondary N) is 1. The standard InChI is InChI=1S/C23H28N2O3/c1-3-28-23(27)20-8-10-21(11-9-20)24-22(26)19-6-4-18(5-7-19)16-25-14-12-17(2)13-15-25/h4-11,17H,3,12-16H2,1-2H3,(H,24,26). The molecule has 0 saturated carbocycles. The predicted molar refractivity (Wildman–Crippen MR) is 110 cm³/mol. The Bertz CT molecular complexity index is 792. The Labute approximate surface area is 166 Å². The van der Waals surface area contributed by atoms with Crippen LogP contribution in [0.4, 0.5) is 5.69 Å². The molecule has 1 saturated heterocycles. The van der Waals surface area contributed by atoms with Crippen molar-refractivity contribution >= 4 is 17.6 Å². The molecule has 1 N–H and O–H groups in total. The maximum absolute atomic E-state index is 12.5. The number of benzene rings is 2. The number of esters is 1. The normalized spacial score (nSPS) is 15.2. The monoisotopic (exact) mass is 380 g/mol. The van der Waals surface area contributed by atoms with Crippen LogP contribution in [0.5, 0.6) is 0 Å². The van der Waals surface area contributed by atoms with Gasteiger partial charge in [-0.1, -0.05) is 19.1 Å². The lowest BCUT2D eigenvalue weighted by Crippen LogP contribution is -2.32. The van der Waals surface area contributed by atoms with Crippen LogP contribution < -0.4 is 5.32 Å². The van der Waals surface area contributed by atoms with E-state index in [2.05, 4.69) is 17.1 Å². The highest BCUT2D eigenvalue weighted by Gasteiger charge is 2.16. The lowest BCUT2D eigenvalue weighted by Gasteiger charge is -2.30. The molecule has 0 spiro atoms. The summed E-state index contributed by atoms with van der Waals surface area (Å²) in [6, 6.07) is 14.5. The van der Waals surface area contributed by atoms with E-state index in [1.54, 1.807) is 31.2 Å². The van der Waals surface area contributed by atoms with Crippen molar-refractivity contribution in [3.8, 4) is 0 Å². The van der Waals surface area contributed by atoms with Crippen LogP contribution in [0, 0.1) is 5.92 Å². The maximum Gasteiger partial charge on any atom is 0.338 e. The molecule has 0 atom stereocenters. The van der Waals surface area contributed by atoms with E-state index in [0.29, 0.717) is 23.4 Å². The number of anilines is 1. The number of ether oxygens (including phenoxy) is 1. The van der Waals surface area contributed by atoms with E-state index in [4.69, 9.17) is 4.74 Å². The first-order valence-corrected chi connectivity index (χ1v) is 9.95. The van der Waals surface area contributed by atoms with E-state index < -0.39 is 0 Å². The molecule has 28 heavy (non-hydrogen) atoms. The third-order valence-corrected chi connectivity index (χ3v) is 5.15. The molecule has 1 aliphatic heterocycles. The molecule has 2 aromatic rings. The first-order chi connectivity index (χ1) is 13.5. The highest BCUT2D eigenvalue weighted by molar-refractivity contribution is 6.04. The number of piperidine rings is 1. The van der Waals surface area contributed by atoms with Gasteiger partial charge in [0.05, 0.1) is 12.2 Å². The molecule has 1 amide bonds. The van der Waals surface area contributed by atoms with Crippen molar-refractivity contribution in [1.82, 2.24) is 4.90 Å². The number of carbonyl (C=O) groups is 2. The average Bonchev–Trinajstić information content (AvgIpc) is 2.71. The van der Waals surface area contributed by atoms with Gasteiger partial charge in [-0.05, 0) is 80.7 Å². The summed E-state index contributed by atoms with van der Waals surface area (Å²) in [5, 5.41) is 2.86. The van der Waals surface area contributed by atoms with Gasteiger partial charge in [0.25, 0.3) is 5.91 Å². The van der Waals surface area contributed by atoms with E-state index in [1.165, 1.54) is 18.4 Å². The molecule has 5 heteroatoms. The van der Waals surface area contributed by atoms with Gasteiger partial charge in [0, 0.05) is 17.8 Å². The minimum atomic E-state index is -0.362. The van der Waals surface area contributed by atoms with Crippen molar-refractivity contribution in [2.45, 2.75) is 33.2 Å². The first kappa shape index (κ1) is 20.1. The molecule has 2 aromatic carbocycles. The van der Waals surface area contributed by atoms with Crippen LogP contribution in [0.15, 0.2) is 48.5 Å². The molecule has 0 radical (unpaired) electrons. The van der Waals surface area contributed by atoms with Crippen LogP contribution in [-0.4, -0.2) is 36.5 Å². The fourth-order valence-corrected chi connectivity index (χ4v) is 3.35. The molecule has 1 heterocycles.